The van der Waals surface area contributed by atoms with Crippen molar-refractivity contribution in [2.45, 2.75) is 0 Å². The fourth-order valence-corrected chi connectivity index (χ4v) is 1.45. The summed E-state index contributed by atoms with van der Waals surface area (Å²) < 4.78 is 0. The van der Waals surface area contributed by atoms with Gasteiger partial charge in [-0.2, -0.15) is 0 Å². The third kappa shape index (κ3) is 2.35. The maximum absolute atomic E-state index is 12.0. The van der Waals surface area contributed by atoms with Gasteiger partial charge in [0.15, 0.2) is 21.8 Å². The van der Waals surface area contributed by atoms with Gasteiger partial charge >= 0.3 is 0 Å². The lowest BCUT2D eigenvalue weighted by molar-refractivity contribution is 0.103. The van der Waals surface area contributed by atoms with Gasteiger partial charge in [-0.05, 0) is 12.1 Å². The van der Waals surface area contributed by atoms with Crippen LogP contribution in [0.15, 0.2) is 24.4 Å². The van der Waals surface area contributed by atoms with E-state index in [9.17, 15) is 4.79 Å². The maximum atomic E-state index is 12.0. The molecule has 0 spiro atoms. The molecule has 0 aliphatic carbocycles. The van der Waals surface area contributed by atoms with Crippen molar-refractivity contribution in [1.29, 1.82) is 0 Å². The fourth-order valence-electron chi connectivity index (χ4n) is 1.19. The zero-order chi connectivity index (χ0) is 12.4. The minimum atomic E-state index is -0.450. The van der Waals surface area contributed by atoms with E-state index in [2.05, 4.69) is 15.0 Å². The number of nitrogen functional groups attached to an aromatic ring is 1. The molecule has 2 aromatic rings. The van der Waals surface area contributed by atoms with Crippen molar-refractivity contribution in [1.82, 2.24) is 15.0 Å². The molecule has 0 bridgehead atoms. The molecule has 0 amide bonds. The van der Waals surface area contributed by atoms with Gasteiger partial charge in [0.1, 0.15) is 5.69 Å². The number of nitrogens with zero attached hydrogens (tertiary/aromatic N) is 3. The van der Waals surface area contributed by atoms with E-state index in [-0.39, 0.29) is 27.5 Å². The molecule has 5 nitrogen and oxygen atoms in total. The fraction of sp³-hybridized carbons (Fsp3) is 0. The predicted octanol–water partition coefficient (Wildman–Crippen LogP) is 1.99. The highest BCUT2D eigenvalue weighted by atomic mass is 35.5. The van der Waals surface area contributed by atoms with Gasteiger partial charge in [0, 0.05) is 6.20 Å². The van der Waals surface area contributed by atoms with Crippen LogP contribution in [0.2, 0.25) is 10.3 Å². The van der Waals surface area contributed by atoms with E-state index < -0.39 is 5.78 Å². The number of hydrogen-bond donors (Lipinski definition) is 1. The van der Waals surface area contributed by atoms with E-state index in [0.717, 1.165) is 0 Å². The number of aromatic nitrogens is 3. The van der Waals surface area contributed by atoms with Gasteiger partial charge in [0.25, 0.3) is 0 Å². The number of carbonyl (C=O) groups excluding carboxylic acids is 1. The molecule has 17 heavy (non-hydrogen) atoms. The Morgan fingerprint density at radius 1 is 1.18 bits per heavy atom. The maximum Gasteiger partial charge on any atom is 0.233 e. The Balaban J connectivity index is 2.48. The van der Waals surface area contributed by atoms with E-state index in [1.807, 2.05) is 0 Å². The van der Waals surface area contributed by atoms with Gasteiger partial charge in [0.05, 0.1) is 0 Å². The lowest BCUT2D eigenvalue weighted by atomic mass is 10.2. The van der Waals surface area contributed by atoms with Gasteiger partial charge in [0.2, 0.25) is 5.78 Å². The Morgan fingerprint density at radius 2 is 1.88 bits per heavy atom. The average molecular weight is 269 g/mol. The highest BCUT2D eigenvalue weighted by Gasteiger charge is 2.18. The molecule has 2 N–H and O–H groups in total. The normalized spacial score (nSPS) is 10.2. The first kappa shape index (κ1) is 11.8. The van der Waals surface area contributed by atoms with E-state index in [1.165, 1.54) is 6.20 Å². The molecule has 0 saturated heterocycles. The number of nitrogens with two attached hydrogens (primary N) is 1. The molecular weight excluding hydrogens is 263 g/mol. The van der Waals surface area contributed by atoms with E-state index in [0.29, 0.717) is 0 Å². The summed E-state index contributed by atoms with van der Waals surface area (Å²) in [4.78, 5) is 23.4. The summed E-state index contributed by atoms with van der Waals surface area (Å²) in [6, 6.07) is 4.92. The first-order chi connectivity index (χ1) is 8.09. The summed E-state index contributed by atoms with van der Waals surface area (Å²) in [5.74, 6) is -0.524. The third-order valence-electron chi connectivity index (χ3n) is 1.95. The smallest absolute Gasteiger partial charge is 0.233 e. The molecular formula is C10H6Cl2N4O. The summed E-state index contributed by atoms with van der Waals surface area (Å²) in [6.45, 7) is 0. The second-order valence-corrected chi connectivity index (χ2v) is 3.80. The standard InChI is InChI=1S/C10H6Cl2N4O/c11-8-9(12)16-10(13)6(15-8)7(17)5-3-1-2-4-14-5/h1-4H,(H2,13,16). The summed E-state index contributed by atoms with van der Waals surface area (Å²) in [6.07, 6.45) is 1.49. The predicted molar refractivity (Wildman–Crippen MR) is 64.1 cm³/mol. The molecule has 2 aromatic heterocycles. The minimum absolute atomic E-state index is 0.0401. The van der Waals surface area contributed by atoms with Crippen LogP contribution in [0.1, 0.15) is 16.2 Å². The second kappa shape index (κ2) is 4.65. The van der Waals surface area contributed by atoms with Gasteiger partial charge in [-0.3, -0.25) is 9.78 Å². The molecule has 0 aromatic carbocycles. The molecule has 0 aliphatic rings. The summed E-state index contributed by atoms with van der Waals surface area (Å²) in [5.41, 5.74) is 5.72. The average Bonchev–Trinajstić information content (AvgIpc) is 2.34. The largest absolute Gasteiger partial charge is 0.382 e. The first-order valence-electron chi connectivity index (χ1n) is 4.54. The van der Waals surface area contributed by atoms with Crippen molar-refractivity contribution < 1.29 is 4.79 Å². The monoisotopic (exact) mass is 268 g/mol. The zero-order valence-electron chi connectivity index (χ0n) is 8.39. The van der Waals surface area contributed by atoms with Gasteiger partial charge in [-0.1, -0.05) is 29.3 Å². The Labute approximate surface area is 107 Å². The summed E-state index contributed by atoms with van der Waals surface area (Å²) in [7, 11) is 0. The Morgan fingerprint density at radius 3 is 2.53 bits per heavy atom. The van der Waals surface area contributed by atoms with Crippen molar-refractivity contribution in [3.05, 3.63) is 46.1 Å². The number of carbonyl (C=O) groups is 1. The lowest BCUT2D eigenvalue weighted by Gasteiger charge is -2.04. The number of rotatable bonds is 2. The van der Waals surface area contributed by atoms with Crippen LogP contribution >= 0.6 is 23.2 Å². The Hall–Kier alpha value is -1.72. The molecule has 0 aliphatic heterocycles. The van der Waals surface area contributed by atoms with Crippen molar-refractivity contribution in [3.8, 4) is 0 Å². The molecule has 0 fully saturated rings. The molecule has 0 saturated carbocycles. The van der Waals surface area contributed by atoms with Crippen molar-refractivity contribution in [2.24, 2.45) is 0 Å². The zero-order valence-corrected chi connectivity index (χ0v) is 9.90. The number of halogens is 2. The third-order valence-corrected chi connectivity index (χ3v) is 2.58. The Kier molecular flexibility index (Phi) is 3.21. The molecule has 2 rings (SSSR count). The lowest BCUT2D eigenvalue weighted by Crippen LogP contribution is -2.11. The first-order valence-corrected chi connectivity index (χ1v) is 5.29. The topological polar surface area (TPSA) is 81.8 Å². The molecule has 86 valence electrons. The molecule has 2 heterocycles. The van der Waals surface area contributed by atoms with Crippen LogP contribution in [0.25, 0.3) is 0 Å². The SMILES string of the molecule is Nc1nc(Cl)c(Cl)nc1C(=O)c1ccccn1. The van der Waals surface area contributed by atoms with Crippen molar-refractivity contribution in [3.63, 3.8) is 0 Å². The number of hydrogen-bond acceptors (Lipinski definition) is 5. The quantitative estimate of drug-likeness (QED) is 0.843. The second-order valence-electron chi connectivity index (χ2n) is 3.08. The number of ketones is 1. The van der Waals surface area contributed by atoms with E-state index in [4.69, 9.17) is 28.9 Å². The van der Waals surface area contributed by atoms with Crippen LogP contribution in [0.3, 0.4) is 0 Å². The van der Waals surface area contributed by atoms with E-state index >= 15 is 0 Å². The highest BCUT2D eigenvalue weighted by Crippen LogP contribution is 2.21. The molecule has 7 heteroatoms. The van der Waals surface area contributed by atoms with Crippen LogP contribution in [0, 0.1) is 0 Å². The van der Waals surface area contributed by atoms with Crippen LogP contribution in [-0.2, 0) is 0 Å². The minimum Gasteiger partial charge on any atom is -0.382 e. The van der Waals surface area contributed by atoms with Gasteiger partial charge in [-0.25, -0.2) is 9.97 Å². The number of pyridine rings is 1. The molecule has 0 unspecified atom stereocenters. The molecule has 0 radical (unpaired) electrons. The van der Waals surface area contributed by atoms with Crippen LogP contribution in [0.5, 0.6) is 0 Å². The van der Waals surface area contributed by atoms with Crippen molar-refractivity contribution >= 4 is 34.8 Å². The summed E-state index contributed by atoms with van der Waals surface area (Å²) in [5, 5.41) is -0.109. The highest BCUT2D eigenvalue weighted by molar-refractivity contribution is 6.40. The summed E-state index contributed by atoms with van der Waals surface area (Å²) >= 11 is 11.3. The van der Waals surface area contributed by atoms with Gasteiger partial charge < -0.3 is 5.73 Å². The number of anilines is 1. The van der Waals surface area contributed by atoms with E-state index in [1.54, 1.807) is 18.2 Å². The van der Waals surface area contributed by atoms with Gasteiger partial charge in [-0.15, -0.1) is 0 Å². The Bertz CT molecular complexity index is 574. The van der Waals surface area contributed by atoms with Crippen molar-refractivity contribution in [2.75, 3.05) is 5.73 Å². The van der Waals surface area contributed by atoms with Crippen LogP contribution in [-0.4, -0.2) is 20.7 Å². The molecule has 0 atom stereocenters. The van der Waals surface area contributed by atoms with Crippen LogP contribution in [0.4, 0.5) is 5.82 Å². The van der Waals surface area contributed by atoms with Crippen LogP contribution < -0.4 is 5.73 Å².